The Kier molecular flexibility index (Phi) is 5.46. The van der Waals surface area contributed by atoms with Gasteiger partial charge in [0.25, 0.3) is 0 Å². The Balaban J connectivity index is 3.23. The molecule has 5 N–H and O–H groups in total. The summed E-state index contributed by atoms with van der Waals surface area (Å²) < 4.78 is 0. The fourth-order valence-corrected chi connectivity index (χ4v) is 0.821. The second-order valence-electron chi connectivity index (χ2n) is 3.03. The Bertz CT molecular complexity index is 91.3. The van der Waals surface area contributed by atoms with Gasteiger partial charge in [0.1, 0.15) is 5.79 Å². The van der Waals surface area contributed by atoms with E-state index in [0.717, 1.165) is 19.4 Å². The van der Waals surface area contributed by atoms with Gasteiger partial charge in [0.15, 0.2) is 0 Å². The highest BCUT2D eigenvalue weighted by Gasteiger charge is 2.12. The number of hydrogen-bond acceptors (Lipinski definition) is 3. The Morgan fingerprint density at radius 3 is 2.27 bits per heavy atom. The number of rotatable bonds is 6. The first kappa shape index (κ1) is 10.9. The predicted molar refractivity (Wildman–Crippen MR) is 48.9 cm³/mol. The molecule has 0 heterocycles. The average Bonchev–Trinajstić information content (AvgIpc) is 1.99. The van der Waals surface area contributed by atoms with Crippen LogP contribution in [0, 0.1) is 0 Å². The van der Waals surface area contributed by atoms with Gasteiger partial charge in [-0.05, 0) is 19.4 Å². The monoisotopic (exact) mass is 159 g/mol. The van der Waals surface area contributed by atoms with Gasteiger partial charge in [-0.2, -0.15) is 0 Å². The smallest absolute Gasteiger partial charge is 0.118 e. The fraction of sp³-hybridized carbons (Fsp3) is 1.00. The average molecular weight is 159 g/mol. The third-order valence-corrected chi connectivity index (χ3v) is 1.82. The summed E-state index contributed by atoms with van der Waals surface area (Å²) in [6.45, 7) is 5.08. The van der Waals surface area contributed by atoms with Crippen molar-refractivity contribution in [3.05, 3.63) is 0 Å². The van der Waals surface area contributed by atoms with E-state index in [0.29, 0.717) is 0 Å². The van der Waals surface area contributed by atoms with Crippen molar-refractivity contribution < 1.29 is 0 Å². The molecule has 0 aliphatic heterocycles. The molecule has 0 aliphatic carbocycles. The van der Waals surface area contributed by atoms with Gasteiger partial charge >= 0.3 is 0 Å². The van der Waals surface area contributed by atoms with Crippen molar-refractivity contribution in [3.8, 4) is 0 Å². The van der Waals surface area contributed by atoms with E-state index in [4.69, 9.17) is 11.5 Å². The minimum atomic E-state index is -0.659. The zero-order valence-corrected chi connectivity index (χ0v) is 7.69. The second-order valence-corrected chi connectivity index (χ2v) is 3.03. The van der Waals surface area contributed by atoms with Crippen LogP contribution < -0.4 is 16.8 Å². The summed E-state index contributed by atoms with van der Waals surface area (Å²) in [6.07, 6.45) is 4.40. The van der Waals surface area contributed by atoms with Crippen LogP contribution in [-0.2, 0) is 0 Å². The summed E-state index contributed by atoms with van der Waals surface area (Å²) in [5, 5.41) is 3.10. The topological polar surface area (TPSA) is 64.1 Å². The highest BCUT2D eigenvalue weighted by molar-refractivity contribution is 4.70. The molecule has 0 unspecified atom stereocenters. The zero-order valence-electron chi connectivity index (χ0n) is 7.69. The molecule has 0 saturated heterocycles. The quantitative estimate of drug-likeness (QED) is 0.396. The molecule has 68 valence electrons. The zero-order chi connectivity index (χ0) is 8.74. The van der Waals surface area contributed by atoms with Crippen LogP contribution in [0.3, 0.4) is 0 Å². The number of unbranched alkanes of at least 4 members (excludes halogenated alkanes) is 2. The molecule has 0 saturated carbocycles. The Hall–Kier alpha value is -0.120. The van der Waals surface area contributed by atoms with Crippen LogP contribution in [0.1, 0.15) is 39.5 Å². The largest absolute Gasteiger partial charge is 0.301 e. The molecular weight excluding hydrogens is 138 g/mol. The highest BCUT2D eigenvalue weighted by atomic mass is 15.2. The number of hydrogen-bond donors (Lipinski definition) is 3. The summed E-state index contributed by atoms with van der Waals surface area (Å²) >= 11 is 0. The van der Waals surface area contributed by atoms with Gasteiger partial charge in [-0.15, -0.1) is 0 Å². The molecule has 0 bridgehead atoms. The minimum absolute atomic E-state index is 0.659. The lowest BCUT2D eigenvalue weighted by molar-refractivity contribution is 0.332. The molecule has 0 aromatic carbocycles. The summed E-state index contributed by atoms with van der Waals surface area (Å²) in [5.41, 5.74) is 11.3. The molecule has 3 heteroatoms. The summed E-state index contributed by atoms with van der Waals surface area (Å²) in [6, 6.07) is 0. The van der Waals surface area contributed by atoms with Crippen molar-refractivity contribution >= 4 is 0 Å². The fourth-order valence-electron chi connectivity index (χ4n) is 0.821. The summed E-state index contributed by atoms with van der Waals surface area (Å²) in [4.78, 5) is 0. The van der Waals surface area contributed by atoms with Crippen LogP contribution in [0.2, 0.25) is 0 Å². The maximum absolute atomic E-state index is 5.66. The third kappa shape index (κ3) is 6.28. The van der Waals surface area contributed by atoms with E-state index in [1.54, 1.807) is 0 Å². The van der Waals surface area contributed by atoms with E-state index in [2.05, 4.69) is 12.2 Å². The van der Waals surface area contributed by atoms with E-state index in [-0.39, 0.29) is 0 Å². The molecule has 0 spiro atoms. The lowest BCUT2D eigenvalue weighted by Crippen LogP contribution is -2.60. The van der Waals surface area contributed by atoms with Gasteiger partial charge in [-0.3, -0.25) is 5.32 Å². The lowest BCUT2D eigenvalue weighted by Gasteiger charge is -2.24. The van der Waals surface area contributed by atoms with Crippen LogP contribution in [0.15, 0.2) is 0 Å². The molecule has 0 atom stereocenters. The number of nitrogens with two attached hydrogens (primary N) is 2. The normalized spacial score (nSPS) is 12.0. The SMILES string of the molecule is CCCCCNC(N)(N)CC. The molecule has 0 aromatic rings. The van der Waals surface area contributed by atoms with Crippen molar-refractivity contribution in [2.24, 2.45) is 11.5 Å². The van der Waals surface area contributed by atoms with Crippen molar-refractivity contribution in [2.45, 2.75) is 45.3 Å². The van der Waals surface area contributed by atoms with Crippen LogP contribution in [0.4, 0.5) is 0 Å². The molecule has 0 rings (SSSR count). The van der Waals surface area contributed by atoms with Gasteiger partial charge in [0.05, 0.1) is 0 Å². The minimum Gasteiger partial charge on any atom is -0.301 e. The maximum atomic E-state index is 5.66. The summed E-state index contributed by atoms with van der Waals surface area (Å²) in [5.74, 6) is -0.659. The third-order valence-electron chi connectivity index (χ3n) is 1.82. The molecule has 3 nitrogen and oxygen atoms in total. The van der Waals surface area contributed by atoms with E-state index in [1.807, 2.05) is 6.92 Å². The van der Waals surface area contributed by atoms with Crippen molar-refractivity contribution in [1.29, 1.82) is 0 Å². The molecule has 0 aliphatic rings. The molecule has 0 radical (unpaired) electrons. The maximum Gasteiger partial charge on any atom is 0.118 e. The van der Waals surface area contributed by atoms with Gasteiger partial charge in [0.2, 0.25) is 0 Å². The Morgan fingerprint density at radius 1 is 1.18 bits per heavy atom. The van der Waals surface area contributed by atoms with E-state index >= 15 is 0 Å². The van der Waals surface area contributed by atoms with Crippen molar-refractivity contribution in [3.63, 3.8) is 0 Å². The summed E-state index contributed by atoms with van der Waals surface area (Å²) in [7, 11) is 0. The van der Waals surface area contributed by atoms with Gasteiger partial charge in [-0.1, -0.05) is 26.7 Å². The van der Waals surface area contributed by atoms with Gasteiger partial charge in [0, 0.05) is 0 Å². The van der Waals surface area contributed by atoms with Crippen molar-refractivity contribution in [1.82, 2.24) is 5.32 Å². The first-order chi connectivity index (χ1) is 5.12. The predicted octanol–water partition coefficient (Wildman–Crippen LogP) is 0.747. The second kappa shape index (κ2) is 5.52. The Labute approximate surface area is 69.5 Å². The molecule has 11 heavy (non-hydrogen) atoms. The number of nitrogens with one attached hydrogen (secondary N) is 1. The first-order valence-electron chi connectivity index (χ1n) is 4.45. The molecule has 0 aromatic heterocycles. The first-order valence-corrected chi connectivity index (χ1v) is 4.45. The Morgan fingerprint density at radius 2 is 1.82 bits per heavy atom. The lowest BCUT2D eigenvalue weighted by atomic mass is 10.2. The molecule has 0 fully saturated rings. The van der Waals surface area contributed by atoms with Crippen LogP contribution >= 0.6 is 0 Å². The van der Waals surface area contributed by atoms with Crippen LogP contribution in [0.25, 0.3) is 0 Å². The van der Waals surface area contributed by atoms with Crippen LogP contribution in [-0.4, -0.2) is 12.3 Å². The van der Waals surface area contributed by atoms with Crippen molar-refractivity contribution in [2.75, 3.05) is 6.54 Å². The van der Waals surface area contributed by atoms with Gasteiger partial charge in [-0.25, -0.2) is 0 Å². The van der Waals surface area contributed by atoms with Crippen LogP contribution in [0.5, 0.6) is 0 Å². The standard InChI is InChI=1S/C8H21N3/c1-3-5-6-7-11-8(9,10)4-2/h11H,3-7,9-10H2,1-2H3. The van der Waals surface area contributed by atoms with E-state index in [1.165, 1.54) is 12.8 Å². The molecular formula is C8H21N3. The van der Waals surface area contributed by atoms with E-state index < -0.39 is 5.79 Å². The highest BCUT2D eigenvalue weighted by Crippen LogP contribution is 1.95. The van der Waals surface area contributed by atoms with E-state index in [9.17, 15) is 0 Å². The molecule has 0 amide bonds. The van der Waals surface area contributed by atoms with Gasteiger partial charge < -0.3 is 11.5 Å².